The molecule has 2 amide bonds. The molecule has 0 atom stereocenters. The van der Waals surface area contributed by atoms with E-state index >= 15 is 0 Å². The molecule has 1 aliphatic heterocycles. The molecule has 42 heavy (non-hydrogen) atoms. The summed E-state index contributed by atoms with van der Waals surface area (Å²) in [5, 5.41) is 12.2. The lowest BCUT2D eigenvalue weighted by Gasteiger charge is -2.29. The number of nitrogens with zero attached hydrogens (tertiary/aromatic N) is 4. The van der Waals surface area contributed by atoms with Crippen molar-refractivity contribution in [2.24, 2.45) is 0 Å². The van der Waals surface area contributed by atoms with Gasteiger partial charge in [0.05, 0.1) is 45.7 Å². The fourth-order valence-electron chi connectivity index (χ4n) is 4.89. The monoisotopic (exact) mass is 587 g/mol. The van der Waals surface area contributed by atoms with E-state index in [1.165, 1.54) is 17.3 Å². The van der Waals surface area contributed by atoms with E-state index in [1.807, 2.05) is 53.4 Å². The van der Waals surface area contributed by atoms with Crippen molar-refractivity contribution in [3.63, 3.8) is 0 Å². The van der Waals surface area contributed by atoms with Crippen LogP contribution < -0.4 is 24.4 Å². The molecular formula is C31H33N5O5S. The fraction of sp³-hybridized carbons (Fsp3) is 0.290. The number of carbonyl (C=O) groups excluding carboxylic acids is 2. The van der Waals surface area contributed by atoms with E-state index in [9.17, 15) is 9.59 Å². The summed E-state index contributed by atoms with van der Waals surface area (Å²) in [6.45, 7) is 0.800. The highest BCUT2D eigenvalue weighted by Crippen LogP contribution is 2.33. The Balaban J connectivity index is 1.37. The van der Waals surface area contributed by atoms with Crippen LogP contribution in [0.4, 0.5) is 5.69 Å². The number of carbonyl (C=O) groups is 2. The molecule has 0 spiro atoms. The molecule has 0 saturated heterocycles. The van der Waals surface area contributed by atoms with Crippen molar-refractivity contribution in [2.45, 2.75) is 31.0 Å². The maximum absolute atomic E-state index is 13.4. The molecule has 0 aliphatic carbocycles. The molecule has 1 aromatic heterocycles. The zero-order valence-corrected chi connectivity index (χ0v) is 24.6. The third kappa shape index (κ3) is 6.52. The van der Waals surface area contributed by atoms with Gasteiger partial charge in [-0.2, -0.15) is 0 Å². The second-order valence-electron chi connectivity index (χ2n) is 9.64. The Hall–Kier alpha value is -4.51. The Kier molecular flexibility index (Phi) is 9.28. The molecule has 0 saturated carbocycles. The van der Waals surface area contributed by atoms with Crippen LogP contribution in [0.25, 0.3) is 5.69 Å². The Morgan fingerprint density at radius 3 is 2.43 bits per heavy atom. The average Bonchev–Trinajstić information content (AvgIpc) is 3.44. The largest absolute Gasteiger partial charge is 0.497 e. The first-order valence-corrected chi connectivity index (χ1v) is 14.6. The lowest BCUT2D eigenvalue weighted by Crippen LogP contribution is -2.36. The number of aryl methyl sites for hydroxylation is 1. The third-order valence-electron chi connectivity index (χ3n) is 7.03. The van der Waals surface area contributed by atoms with Gasteiger partial charge in [0, 0.05) is 18.3 Å². The Bertz CT molecular complexity index is 1560. The van der Waals surface area contributed by atoms with Crippen molar-refractivity contribution in [1.82, 2.24) is 20.1 Å². The molecular weight excluding hydrogens is 554 g/mol. The Morgan fingerprint density at radius 1 is 0.905 bits per heavy atom. The quantitative estimate of drug-likeness (QED) is 0.260. The van der Waals surface area contributed by atoms with Gasteiger partial charge in [0.1, 0.15) is 17.2 Å². The van der Waals surface area contributed by atoms with Gasteiger partial charge in [0.2, 0.25) is 11.8 Å². The number of nitrogens with one attached hydrogen (secondary N) is 1. The first-order valence-electron chi connectivity index (χ1n) is 13.6. The van der Waals surface area contributed by atoms with Crippen LogP contribution in [0.2, 0.25) is 0 Å². The maximum atomic E-state index is 13.4. The number of fused-ring (bicyclic) bond motifs is 1. The molecule has 2 heterocycles. The molecule has 0 bridgehead atoms. The third-order valence-corrected chi connectivity index (χ3v) is 7.94. The van der Waals surface area contributed by atoms with Crippen molar-refractivity contribution in [3.05, 3.63) is 83.7 Å². The minimum Gasteiger partial charge on any atom is -0.497 e. The van der Waals surface area contributed by atoms with Gasteiger partial charge in [-0.1, -0.05) is 42.1 Å². The normalized spacial score (nSPS) is 12.4. The van der Waals surface area contributed by atoms with E-state index in [-0.39, 0.29) is 30.5 Å². The van der Waals surface area contributed by atoms with Crippen LogP contribution in [-0.4, -0.2) is 60.2 Å². The van der Waals surface area contributed by atoms with Gasteiger partial charge < -0.3 is 24.4 Å². The number of para-hydroxylation sites is 1. The number of anilines is 1. The molecule has 11 heteroatoms. The SMILES string of the molecule is COc1ccc(CC(=O)NCc2nnc(SCC(=O)N3CCCc4ccccc43)n2-c2cc(OC)ccc2OC)cc1. The lowest BCUT2D eigenvalue weighted by molar-refractivity contribution is -0.120. The number of ether oxygens (including phenoxy) is 3. The second-order valence-corrected chi connectivity index (χ2v) is 10.6. The Labute approximate surface area is 249 Å². The van der Waals surface area contributed by atoms with Crippen LogP contribution in [0.3, 0.4) is 0 Å². The minimum atomic E-state index is -0.166. The molecule has 0 unspecified atom stereocenters. The van der Waals surface area contributed by atoms with Gasteiger partial charge in [-0.3, -0.25) is 14.2 Å². The van der Waals surface area contributed by atoms with Crippen molar-refractivity contribution in [2.75, 3.05) is 38.5 Å². The molecule has 218 valence electrons. The van der Waals surface area contributed by atoms with Crippen LogP contribution in [0.15, 0.2) is 71.9 Å². The van der Waals surface area contributed by atoms with Gasteiger partial charge in [0.15, 0.2) is 11.0 Å². The van der Waals surface area contributed by atoms with Gasteiger partial charge in [0.25, 0.3) is 0 Å². The molecule has 10 nitrogen and oxygen atoms in total. The molecule has 5 rings (SSSR count). The highest BCUT2D eigenvalue weighted by Gasteiger charge is 2.25. The summed E-state index contributed by atoms with van der Waals surface area (Å²) in [4.78, 5) is 28.0. The number of rotatable bonds is 11. The summed E-state index contributed by atoms with van der Waals surface area (Å²) in [5.41, 5.74) is 3.64. The van der Waals surface area contributed by atoms with E-state index in [4.69, 9.17) is 14.2 Å². The van der Waals surface area contributed by atoms with Crippen LogP contribution in [0, 0.1) is 0 Å². The fourth-order valence-corrected chi connectivity index (χ4v) is 5.73. The molecule has 3 aromatic carbocycles. The maximum Gasteiger partial charge on any atom is 0.237 e. The minimum absolute atomic E-state index is 0.00588. The summed E-state index contributed by atoms with van der Waals surface area (Å²) < 4.78 is 18.1. The van der Waals surface area contributed by atoms with Crippen LogP contribution >= 0.6 is 11.8 Å². The number of thioether (sulfide) groups is 1. The zero-order chi connectivity index (χ0) is 29.5. The van der Waals surface area contributed by atoms with Gasteiger partial charge in [-0.25, -0.2) is 0 Å². The Morgan fingerprint density at radius 2 is 1.67 bits per heavy atom. The van der Waals surface area contributed by atoms with Crippen LogP contribution in [0.5, 0.6) is 17.2 Å². The van der Waals surface area contributed by atoms with Crippen LogP contribution in [0.1, 0.15) is 23.4 Å². The number of aromatic nitrogens is 3. The number of hydrogen-bond acceptors (Lipinski definition) is 8. The molecule has 1 N–H and O–H groups in total. The number of benzene rings is 3. The molecule has 0 radical (unpaired) electrons. The number of hydrogen-bond donors (Lipinski definition) is 1. The average molecular weight is 588 g/mol. The summed E-state index contributed by atoms with van der Waals surface area (Å²) in [6.07, 6.45) is 2.09. The molecule has 1 aliphatic rings. The highest BCUT2D eigenvalue weighted by atomic mass is 32.2. The van der Waals surface area contributed by atoms with Crippen molar-refractivity contribution >= 4 is 29.3 Å². The number of amides is 2. The topological polar surface area (TPSA) is 108 Å². The van der Waals surface area contributed by atoms with Crippen LogP contribution in [-0.2, 0) is 29.0 Å². The number of methoxy groups -OCH3 is 3. The smallest absolute Gasteiger partial charge is 0.237 e. The summed E-state index contributed by atoms with van der Waals surface area (Å²) in [5.74, 6) is 2.40. The zero-order valence-electron chi connectivity index (χ0n) is 23.8. The standard InChI is InChI=1S/C31H33N5O5S/c1-39-23-12-10-21(11-13-23)17-29(37)32-19-28-33-34-31(36(28)26-18-24(40-2)14-15-27(26)41-3)42-20-30(38)35-16-6-8-22-7-4-5-9-25(22)35/h4-5,7,9-15,18H,6,8,16-17,19-20H2,1-3H3,(H,32,37). The molecule has 0 fully saturated rings. The lowest BCUT2D eigenvalue weighted by atomic mass is 10.0. The van der Waals surface area contributed by atoms with E-state index in [0.29, 0.717) is 34.7 Å². The summed E-state index contributed by atoms with van der Waals surface area (Å²) in [7, 11) is 4.77. The van der Waals surface area contributed by atoms with Crippen molar-refractivity contribution < 1.29 is 23.8 Å². The first-order chi connectivity index (χ1) is 20.5. The predicted octanol–water partition coefficient (Wildman–Crippen LogP) is 4.22. The van der Waals surface area contributed by atoms with Gasteiger partial charge in [-0.15, -0.1) is 10.2 Å². The van der Waals surface area contributed by atoms with E-state index in [1.54, 1.807) is 38.0 Å². The van der Waals surface area contributed by atoms with Gasteiger partial charge in [-0.05, 0) is 54.3 Å². The molecule has 4 aromatic rings. The van der Waals surface area contributed by atoms with Gasteiger partial charge >= 0.3 is 0 Å². The van der Waals surface area contributed by atoms with Crippen molar-refractivity contribution in [1.29, 1.82) is 0 Å². The predicted molar refractivity (Wildman–Crippen MR) is 161 cm³/mol. The van der Waals surface area contributed by atoms with E-state index in [0.717, 1.165) is 29.8 Å². The summed E-state index contributed by atoms with van der Waals surface area (Å²) in [6, 6.07) is 20.8. The van der Waals surface area contributed by atoms with Crippen molar-refractivity contribution in [3.8, 4) is 22.9 Å². The van der Waals surface area contributed by atoms with E-state index < -0.39 is 0 Å². The van der Waals surface area contributed by atoms with E-state index in [2.05, 4.69) is 21.6 Å². The summed E-state index contributed by atoms with van der Waals surface area (Å²) >= 11 is 1.29. The highest BCUT2D eigenvalue weighted by molar-refractivity contribution is 7.99. The second kappa shape index (κ2) is 13.4. The first kappa shape index (κ1) is 29.0.